The Kier molecular flexibility index (Phi) is 4.40. The van der Waals surface area contributed by atoms with Crippen molar-refractivity contribution >= 4 is 17.8 Å². The van der Waals surface area contributed by atoms with Gasteiger partial charge < -0.3 is 14.9 Å². The SMILES string of the molecule is Cc1ccncc1C(=O)N1CC2(CCN(C(=O)C3CC3)CC2)C[C@H]1C(=O)O. The molecule has 1 N–H and O–H groups in total. The van der Waals surface area contributed by atoms with E-state index in [1.54, 1.807) is 12.3 Å². The van der Waals surface area contributed by atoms with Crippen LogP contribution in [0, 0.1) is 18.3 Å². The van der Waals surface area contributed by atoms with Gasteiger partial charge in [-0.05, 0) is 56.1 Å². The van der Waals surface area contributed by atoms with Gasteiger partial charge >= 0.3 is 5.97 Å². The molecule has 0 aromatic carbocycles. The van der Waals surface area contributed by atoms with Crippen LogP contribution in [0.2, 0.25) is 0 Å². The number of carboxylic acids is 1. The molecule has 4 rings (SSSR count). The number of carbonyl (C=O) groups is 3. The second kappa shape index (κ2) is 6.62. The highest BCUT2D eigenvalue weighted by Crippen LogP contribution is 2.45. The van der Waals surface area contributed by atoms with Crippen LogP contribution in [0.4, 0.5) is 0 Å². The quantitative estimate of drug-likeness (QED) is 0.873. The molecule has 7 nitrogen and oxygen atoms in total. The molecule has 3 aliphatic rings. The third-order valence-corrected chi connectivity index (χ3v) is 6.39. The molecule has 0 bridgehead atoms. The number of nitrogens with zero attached hydrogens (tertiary/aromatic N) is 3. The summed E-state index contributed by atoms with van der Waals surface area (Å²) in [6, 6.07) is 0.944. The van der Waals surface area contributed by atoms with E-state index in [4.69, 9.17) is 0 Å². The Bertz CT molecular complexity index is 781. The largest absolute Gasteiger partial charge is 0.480 e. The van der Waals surface area contributed by atoms with Crippen molar-refractivity contribution < 1.29 is 19.5 Å². The zero-order chi connectivity index (χ0) is 19.2. The fourth-order valence-corrected chi connectivity index (χ4v) is 4.49. The van der Waals surface area contributed by atoms with Crippen molar-refractivity contribution in [1.82, 2.24) is 14.8 Å². The highest BCUT2D eigenvalue weighted by molar-refractivity contribution is 5.98. The lowest BCUT2D eigenvalue weighted by Crippen LogP contribution is -2.45. The summed E-state index contributed by atoms with van der Waals surface area (Å²) in [5.74, 6) is -0.766. The molecule has 2 saturated heterocycles. The lowest BCUT2D eigenvalue weighted by molar-refractivity contribution is -0.141. The van der Waals surface area contributed by atoms with Crippen LogP contribution in [0.15, 0.2) is 18.5 Å². The lowest BCUT2D eigenvalue weighted by Gasteiger charge is -2.39. The number of aromatic nitrogens is 1. The van der Waals surface area contributed by atoms with Crippen molar-refractivity contribution in [3.8, 4) is 0 Å². The molecule has 3 heterocycles. The molecular weight excluding hydrogens is 346 g/mol. The Morgan fingerprint density at radius 1 is 1.22 bits per heavy atom. The molecule has 1 aliphatic carbocycles. The van der Waals surface area contributed by atoms with Crippen LogP contribution in [-0.2, 0) is 9.59 Å². The topological polar surface area (TPSA) is 90.8 Å². The summed E-state index contributed by atoms with van der Waals surface area (Å²) < 4.78 is 0. The van der Waals surface area contributed by atoms with Gasteiger partial charge in [-0.3, -0.25) is 14.6 Å². The average molecular weight is 371 g/mol. The predicted octanol–water partition coefficient (Wildman–Crippen LogP) is 1.71. The van der Waals surface area contributed by atoms with Gasteiger partial charge in [-0.1, -0.05) is 0 Å². The Morgan fingerprint density at radius 3 is 2.52 bits per heavy atom. The molecule has 1 atom stereocenters. The van der Waals surface area contributed by atoms with E-state index in [0.29, 0.717) is 31.6 Å². The van der Waals surface area contributed by atoms with Crippen LogP contribution in [0.25, 0.3) is 0 Å². The Morgan fingerprint density at radius 2 is 1.93 bits per heavy atom. The van der Waals surface area contributed by atoms with Gasteiger partial charge in [0.25, 0.3) is 5.91 Å². The summed E-state index contributed by atoms with van der Waals surface area (Å²) in [6.45, 7) is 3.59. The molecule has 2 aliphatic heterocycles. The number of carboxylic acid groups (broad SMARTS) is 1. The fourth-order valence-electron chi connectivity index (χ4n) is 4.49. The highest BCUT2D eigenvalue weighted by Gasteiger charge is 2.51. The summed E-state index contributed by atoms with van der Waals surface area (Å²) in [5.41, 5.74) is 1.04. The maximum atomic E-state index is 13.0. The second-order valence-corrected chi connectivity index (χ2v) is 8.28. The number of piperidine rings is 1. The number of hydrogen-bond donors (Lipinski definition) is 1. The first kappa shape index (κ1) is 17.9. The summed E-state index contributed by atoms with van der Waals surface area (Å²) in [5, 5.41) is 9.71. The molecule has 27 heavy (non-hydrogen) atoms. The van der Waals surface area contributed by atoms with E-state index in [0.717, 1.165) is 31.2 Å². The molecule has 1 spiro atoms. The normalized spacial score (nSPS) is 24.3. The number of carbonyl (C=O) groups excluding carboxylic acids is 2. The molecule has 3 fully saturated rings. The van der Waals surface area contributed by atoms with E-state index in [2.05, 4.69) is 4.98 Å². The zero-order valence-electron chi connectivity index (χ0n) is 15.6. The minimum atomic E-state index is -0.960. The van der Waals surface area contributed by atoms with Crippen molar-refractivity contribution in [1.29, 1.82) is 0 Å². The number of hydrogen-bond acceptors (Lipinski definition) is 4. The third kappa shape index (κ3) is 3.31. The summed E-state index contributed by atoms with van der Waals surface area (Å²) >= 11 is 0. The summed E-state index contributed by atoms with van der Waals surface area (Å²) in [6.07, 6.45) is 7.09. The van der Waals surface area contributed by atoms with Gasteiger partial charge in [0.2, 0.25) is 5.91 Å². The minimum Gasteiger partial charge on any atom is -0.480 e. The second-order valence-electron chi connectivity index (χ2n) is 8.28. The van der Waals surface area contributed by atoms with Crippen molar-refractivity contribution in [2.75, 3.05) is 19.6 Å². The van der Waals surface area contributed by atoms with Gasteiger partial charge in [0.1, 0.15) is 6.04 Å². The van der Waals surface area contributed by atoms with Gasteiger partial charge in [0.15, 0.2) is 0 Å². The first-order valence-electron chi connectivity index (χ1n) is 9.63. The number of amides is 2. The summed E-state index contributed by atoms with van der Waals surface area (Å²) in [4.78, 5) is 44.6. The highest BCUT2D eigenvalue weighted by atomic mass is 16.4. The molecule has 1 aromatic heterocycles. The standard InChI is InChI=1S/C20H25N3O4/c1-13-4-7-21-11-15(13)18(25)23-12-20(10-16(23)19(26)27)5-8-22(9-6-20)17(24)14-2-3-14/h4,7,11,14,16H,2-3,5-6,8-10,12H2,1H3,(H,26,27)/t16-/m0/s1. The van der Waals surface area contributed by atoms with Crippen molar-refractivity contribution in [3.63, 3.8) is 0 Å². The third-order valence-electron chi connectivity index (χ3n) is 6.39. The van der Waals surface area contributed by atoms with Crippen molar-refractivity contribution in [2.24, 2.45) is 11.3 Å². The van der Waals surface area contributed by atoms with Crippen LogP contribution >= 0.6 is 0 Å². The first-order valence-corrected chi connectivity index (χ1v) is 9.63. The number of likely N-dealkylation sites (tertiary alicyclic amines) is 2. The molecule has 7 heteroatoms. The van der Waals surface area contributed by atoms with E-state index in [-0.39, 0.29) is 23.1 Å². The summed E-state index contributed by atoms with van der Waals surface area (Å²) in [7, 11) is 0. The average Bonchev–Trinajstić information content (AvgIpc) is 3.44. The van der Waals surface area contributed by atoms with Crippen LogP contribution in [0.3, 0.4) is 0 Å². The number of aliphatic carboxylic acids is 1. The van der Waals surface area contributed by atoms with E-state index in [1.165, 1.54) is 11.1 Å². The van der Waals surface area contributed by atoms with Crippen LogP contribution < -0.4 is 0 Å². The minimum absolute atomic E-state index is 0.209. The maximum Gasteiger partial charge on any atom is 0.326 e. The molecule has 0 unspecified atom stereocenters. The van der Waals surface area contributed by atoms with Crippen molar-refractivity contribution in [2.45, 2.75) is 45.1 Å². The Balaban J connectivity index is 1.51. The Labute approximate surface area is 158 Å². The molecule has 1 aromatic rings. The molecule has 2 amide bonds. The molecule has 1 saturated carbocycles. The van der Waals surface area contributed by atoms with E-state index >= 15 is 0 Å². The number of rotatable bonds is 3. The van der Waals surface area contributed by atoms with Gasteiger partial charge in [-0.2, -0.15) is 0 Å². The van der Waals surface area contributed by atoms with Crippen LogP contribution in [0.1, 0.15) is 48.0 Å². The molecular formula is C20H25N3O4. The van der Waals surface area contributed by atoms with E-state index in [1.807, 2.05) is 11.8 Å². The fraction of sp³-hybridized carbons (Fsp3) is 0.600. The van der Waals surface area contributed by atoms with Crippen LogP contribution in [0.5, 0.6) is 0 Å². The predicted molar refractivity (Wildman–Crippen MR) is 97.0 cm³/mol. The number of pyridine rings is 1. The zero-order valence-corrected chi connectivity index (χ0v) is 15.6. The van der Waals surface area contributed by atoms with Gasteiger partial charge in [-0.15, -0.1) is 0 Å². The molecule has 144 valence electrons. The van der Waals surface area contributed by atoms with Gasteiger partial charge in [0, 0.05) is 37.9 Å². The first-order chi connectivity index (χ1) is 12.9. The van der Waals surface area contributed by atoms with Gasteiger partial charge in [0.05, 0.1) is 5.56 Å². The van der Waals surface area contributed by atoms with E-state index < -0.39 is 12.0 Å². The van der Waals surface area contributed by atoms with Crippen LogP contribution in [-0.4, -0.2) is 63.4 Å². The smallest absolute Gasteiger partial charge is 0.326 e. The van der Waals surface area contributed by atoms with Gasteiger partial charge in [-0.25, -0.2) is 4.79 Å². The lowest BCUT2D eigenvalue weighted by atomic mass is 9.76. The molecule has 0 radical (unpaired) electrons. The van der Waals surface area contributed by atoms with E-state index in [9.17, 15) is 19.5 Å². The Hall–Kier alpha value is -2.44. The maximum absolute atomic E-state index is 13.0. The monoisotopic (exact) mass is 371 g/mol. The number of aryl methyl sites for hydroxylation is 1. The van der Waals surface area contributed by atoms with Crippen molar-refractivity contribution in [3.05, 3.63) is 29.6 Å².